The fourth-order valence-corrected chi connectivity index (χ4v) is 2.57. The summed E-state index contributed by atoms with van der Waals surface area (Å²) in [6.45, 7) is 4.64. The molecule has 0 aromatic heterocycles. The van der Waals surface area contributed by atoms with Crippen LogP contribution in [0.4, 0.5) is 0 Å². The third-order valence-corrected chi connectivity index (χ3v) is 3.58. The molecular weight excluding hydrogens is 270 g/mol. The van der Waals surface area contributed by atoms with Gasteiger partial charge < -0.3 is 25.1 Å². The van der Waals surface area contributed by atoms with Crippen LogP contribution in [0.1, 0.15) is 31.9 Å². The molecule has 5 nitrogen and oxygen atoms in total. The number of hydrogen-bond donors (Lipinski definition) is 2. The van der Waals surface area contributed by atoms with Crippen LogP contribution in [-0.2, 0) is 0 Å². The second-order valence-electron chi connectivity index (χ2n) is 5.49. The van der Waals surface area contributed by atoms with Crippen molar-refractivity contribution in [1.29, 1.82) is 0 Å². The molecule has 1 rings (SSSR count). The SMILES string of the molecule is COc1ccc(C(O)C(CN)CC(C)C)c(OC)c1OC. The van der Waals surface area contributed by atoms with Gasteiger partial charge in [0.05, 0.1) is 27.4 Å². The van der Waals surface area contributed by atoms with Crippen LogP contribution in [0.3, 0.4) is 0 Å². The Hall–Kier alpha value is -1.46. The lowest BCUT2D eigenvalue weighted by Gasteiger charge is -2.26. The molecule has 0 heterocycles. The van der Waals surface area contributed by atoms with Crippen LogP contribution in [0.25, 0.3) is 0 Å². The Kier molecular flexibility index (Phi) is 6.78. The third kappa shape index (κ3) is 4.02. The quantitative estimate of drug-likeness (QED) is 0.770. The van der Waals surface area contributed by atoms with Gasteiger partial charge in [-0.2, -0.15) is 0 Å². The van der Waals surface area contributed by atoms with Crippen molar-refractivity contribution in [3.05, 3.63) is 17.7 Å². The summed E-state index contributed by atoms with van der Waals surface area (Å²) in [5.41, 5.74) is 6.49. The summed E-state index contributed by atoms with van der Waals surface area (Å²) in [7, 11) is 4.66. The minimum absolute atomic E-state index is 0.0306. The number of hydrogen-bond acceptors (Lipinski definition) is 5. The number of aliphatic hydroxyl groups is 1. The van der Waals surface area contributed by atoms with Gasteiger partial charge in [0.2, 0.25) is 5.75 Å². The number of nitrogens with two attached hydrogens (primary N) is 1. The fraction of sp³-hybridized carbons (Fsp3) is 0.625. The van der Waals surface area contributed by atoms with Crippen molar-refractivity contribution in [2.24, 2.45) is 17.6 Å². The van der Waals surface area contributed by atoms with Gasteiger partial charge >= 0.3 is 0 Å². The molecule has 21 heavy (non-hydrogen) atoms. The van der Waals surface area contributed by atoms with Crippen molar-refractivity contribution in [2.45, 2.75) is 26.4 Å². The summed E-state index contributed by atoms with van der Waals surface area (Å²) in [5.74, 6) is 1.97. The van der Waals surface area contributed by atoms with Gasteiger partial charge in [0.1, 0.15) is 0 Å². The molecule has 0 aliphatic heterocycles. The van der Waals surface area contributed by atoms with Crippen LogP contribution >= 0.6 is 0 Å². The van der Waals surface area contributed by atoms with E-state index in [-0.39, 0.29) is 5.92 Å². The molecule has 0 aliphatic carbocycles. The van der Waals surface area contributed by atoms with Crippen molar-refractivity contribution in [1.82, 2.24) is 0 Å². The van der Waals surface area contributed by atoms with E-state index in [0.717, 1.165) is 6.42 Å². The van der Waals surface area contributed by atoms with Gasteiger partial charge in [0.25, 0.3) is 0 Å². The minimum Gasteiger partial charge on any atom is -0.493 e. The maximum Gasteiger partial charge on any atom is 0.203 e. The lowest BCUT2D eigenvalue weighted by Crippen LogP contribution is -2.24. The van der Waals surface area contributed by atoms with E-state index in [2.05, 4.69) is 13.8 Å². The summed E-state index contributed by atoms with van der Waals surface area (Å²) >= 11 is 0. The third-order valence-electron chi connectivity index (χ3n) is 3.58. The Morgan fingerprint density at radius 2 is 1.67 bits per heavy atom. The van der Waals surface area contributed by atoms with Crippen LogP contribution in [0.15, 0.2) is 12.1 Å². The lowest BCUT2D eigenvalue weighted by atomic mass is 9.88. The highest BCUT2D eigenvalue weighted by Gasteiger charge is 2.26. The van der Waals surface area contributed by atoms with Gasteiger partial charge in [-0.1, -0.05) is 13.8 Å². The van der Waals surface area contributed by atoms with Gasteiger partial charge in [0, 0.05) is 11.5 Å². The number of benzene rings is 1. The van der Waals surface area contributed by atoms with Crippen LogP contribution in [-0.4, -0.2) is 33.0 Å². The van der Waals surface area contributed by atoms with Gasteiger partial charge in [-0.25, -0.2) is 0 Å². The average Bonchev–Trinajstić information content (AvgIpc) is 2.49. The Morgan fingerprint density at radius 3 is 2.10 bits per heavy atom. The standard InChI is InChI=1S/C16H27NO4/c1-10(2)8-11(9-17)14(18)12-6-7-13(19-3)16(21-5)15(12)20-4/h6-7,10-11,14,18H,8-9,17H2,1-5H3. The number of ether oxygens (including phenoxy) is 3. The van der Waals surface area contributed by atoms with Crippen molar-refractivity contribution < 1.29 is 19.3 Å². The van der Waals surface area contributed by atoms with E-state index in [1.807, 2.05) is 0 Å². The highest BCUT2D eigenvalue weighted by atomic mass is 16.5. The topological polar surface area (TPSA) is 73.9 Å². The molecule has 5 heteroatoms. The molecule has 0 bridgehead atoms. The van der Waals surface area contributed by atoms with Gasteiger partial charge in [0.15, 0.2) is 11.5 Å². The molecule has 120 valence electrons. The average molecular weight is 297 g/mol. The zero-order valence-electron chi connectivity index (χ0n) is 13.6. The molecule has 1 aromatic rings. The van der Waals surface area contributed by atoms with E-state index in [1.165, 1.54) is 0 Å². The summed E-state index contributed by atoms with van der Waals surface area (Å²) in [5, 5.41) is 10.7. The molecule has 2 atom stereocenters. The molecule has 0 radical (unpaired) electrons. The first-order chi connectivity index (χ1) is 9.99. The number of methoxy groups -OCH3 is 3. The number of rotatable bonds is 8. The molecule has 0 spiro atoms. The smallest absolute Gasteiger partial charge is 0.203 e. The van der Waals surface area contributed by atoms with E-state index in [9.17, 15) is 5.11 Å². The first-order valence-electron chi connectivity index (χ1n) is 7.17. The Balaban J connectivity index is 3.22. The van der Waals surface area contributed by atoms with Crippen molar-refractivity contribution in [2.75, 3.05) is 27.9 Å². The van der Waals surface area contributed by atoms with Crippen LogP contribution in [0, 0.1) is 11.8 Å². The first-order valence-corrected chi connectivity index (χ1v) is 7.17. The molecule has 2 unspecified atom stereocenters. The second kappa shape index (κ2) is 8.10. The molecule has 0 saturated carbocycles. The summed E-state index contributed by atoms with van der Waals surface area (Å²) in [6, 6.07) is 3.57. The number of aliphatic hydroxyl groups excluding tert-OH is 1. The molecule has 3 N–H and O–H groups in total. The monoisotopic (exact) mass is 297 g/mol. The summed E-state index contributed by atoms with van der Waals surface area (Å²) in [4.78, 5) is 0. The van der Waals surface area contributed by atoms with E-state index in [0.29, 0.717) is 35.3 Å². The lowest BCUT2D eigenvalue weighted by molar-refractivity contribution is 0.0962. The van der Waals surface area contributed by atoms with E-state index < -0.39 is 6.10 Å². The zero-order valence-corrected chi connectivity index (χ0v) is 13.6. The molecule has 0 amide bonds. The Morgan fingerprint density at radius 1 is 1.05 bits per heavy atom. The highest BCUT2D eigenvalue weighted by molar-refractivity contribution is 5.56. The molecule has 0 aliphatic rings. The van der Waals surface area contributed by atoms with Crippen LogP contribution in [0.5, 0.6) is 17.2 Å². The van der Waals surface area contributed by atoms with Gasteiger partial charge in [-0.3, -0.25) is 0 Å². The van der Waals surface area contributed by atoms with Crippen molar-refractivity contribution in [3.63, 3.8) is 0 Å². The van der Waals surface area contributed by atoms with E-state index in [4.69, 9.17) is 19.9 Å². The maximum atomic E-state index is 10.7. The minimum atomic E-state index is -0.702. The van der Waals surface area contributed by atoms with Crippen molar-refractivity contribution >= 4 is 0 Å². The van der Waals surface area contributed by atoms with E-state index in [1.54, 1.807) is 33.5 Å². The van der Waals surface area contributed by atoms with Gasteiger partial charge in [-0.15, -0.1) is 0 Å². The summed E-state index contributed by atoms with van der Waals surface area (Å²) < 4.78 is 16.0. The Labute approximate surface area is 127 Å². The normalized spacial score (nSPS) is 13.9. The highest BCUT2D eigenvalue weighted by Crippen LogP contribution is 2.44. The summed E-state index contributed by atoms with van der Waals surface area (Å²) in [6.07, 6.45) is 0.141. The zero-order chi connectivity index (χ0) is 16.0. The second-order valence-corrected chi connectivity index (χ2v) is 5.49. The molecule has 1 aromatic carbocycles. The van der Waals surface area contributed by atoms with Crippen LogP contribution < -0.4 is 19.9 Å². The fourth-order valence-electron chi connectivity index (χ4n) is 2.57. The predicted octanol–water partition coefficient (Wildman–Crippen LogP) is 2.37. The first kappa shape index (κ1) is 17.6. The predicted molar refractivity (Wildman–Crippen MR) is 83.1 cm³/mol. The largest absolute Gasteiger partial charge is 0.493 e. The van der Waals surface area contributed by atoms with Crippen molar-refractivity contribution in [3.8, 4) is 17.2 Å². The van der Waals surface area contributed by atoms with Gasteiger partial charge in [-0.05, 0) is 31.0 Å². The van der Waals surface area contributed by atoms with E-state index >= 15 is 0 Å². The Bertz CT molecular complexity index is 448. The molecule has 0 fully saturated rings. The maximum absolute atomic E-state index is 10.7. The molecular formula is C16H27NO4. The molecule has 0 saturated heterocycles. The van der Waals surface area contributed by atoms with Crippen LogP contribution in [0.2, 0.25) is 0 Å².